The summed E-state index contributed by atoms with van der Waals surface area (Å²) in [6, 6.07) is 5.37. The highest BCUT2D eigenvalue weighted by Crippen LogP contribution is 2.44. The van der Waals surface area contributed by atoms with Crippen molar-refractivity contribution in [3.8, 4) is 0 Å². The van der Waals surface area contributed by atoms with Gasteiger partial charge in [0.1, 0.15) is 22.6 Å². The molecule has 0 unspecified atom stereocenters. The summed E-state index contributed by atoms with van der Waals surface area (Å²) in [6.07, 6.45) is 0. The van der Waals surface area contributed by atoms with Gasteiger partial charge >= 0.3 is 0 Å². The topological polar surface area (TPSA) is 121 Å². The van der Waals surface area contributed by atoms with E-state index in [0.29, 0.717) is 49.4 Å². The molecule has 0 atom stereocenters. The molecule has 14 heteroatoms. The molecule has 37 heavy (non-hydrogen) atoms. The smallest absolute Gasteiger partial charge is 0.260 e. The van der Waals surface area contributed by atoms with E-state index >= 15 is 0 Å². The van der Waals surface area contributed by atoms with Gasteiger partial charge in [-0.05, 0) is 38.1 Å². The number of benzene rings is 1. The molecule has 2 aliphatic heterocycles. The van der Waals surface area contributed by atoms with Gasteiger partial charge in [0.15, 0.2) is 5.82 Å². The van der Waals surface area contributed by atoms with Crippen LogP contribution in [0.5, 0.6) is 0 Å². The second kappa shape index (κ2) is 9.31. The van der Waals surface area contributed by atoms with Crippen LogP contribution in [0.4, 0.5) is 20.4 Å². The van der Waals surface area contributed by atoms with Crippen LogP contribution in [-0.2, 0) is 26.8 Å². The van der Waals surface area contributed by atoms with Crippen LogP contribution in [0.1, 0.15) is 35.5 Å². The third-order valence-corrected chi connectivity index (χ3v) is 8.76. The number of fused-ring (bicyclic) bond motifs is 1. The predicted molar refractivity (Wildman–Crippen MR) is 131 cm³/mol. The molecule has 196 valence electrons. The van der Waals surface area contributed by atoms with E-state index in [-0.39, 0.29) is 23.1 Å². The number of ether oxygens (including phenoxy) is 1. The number of pyridine rings is 1. The molecule has 1 fully saturated rings. The molecule has 1 aromatic carbocycles. The molecule has 2 aliphatic rings. The maximum atomic E-state index is 13.8. The van der Waals surface area contributed by atoms with Crippen LogP contribution in [0, 0.1) is 11.6 Å². The molecule has 1 amide bonds. The van der Waals surface area contributed by atoms with Crippen LogP contribution in [0.3, 0.4) is 0 Å². The van der Waals surface area contributed by atoms with Crippen molar-refractivity contribution in [1.29, 1.82) is 0 Å². The fourth-order valence-corrected chi connectivity index (χ4v) is 6.53. The molecule has 3 aromatic rings. The number of nitrogens with one attached hydrogen (secondary N) is 2. The average Bonchev–Trinajstić information content (AvgIpc) is 3.37. The molecule has 0 radical (unpaired) electrons. The number of amides is 1. The maximum absolute atomic E-state index is 13.8. The predicted octanol–water partition coefficient (Wildman–Crippen LogP) is 3.26. The molecule has 5 rings (SSSR count). The van der Waals surface area contributed by atoms with Gasteiger partial charge in [-0.25, -0.2) is 22.2 Å². The Morgan fingerprint density at radius 1 is 1.16 bits per heavy atom. The average molecular weight is 553 g/mol. The molecule has 10 nitrogen and oxygen atoms in total. The summed E-state index contributed by atoms with van der Waals surface area (Å²) in [4.78, 5) is 18.8. The van der Waals surface area contributed by atoms with Gasteiger partial charge in [-0.15, -0.1) is 0 Å². The van der Waals surface area contributed by atoms with Crippen molar-refractivity contribution >= 4 is 39.2 Å². The summed E-state index contributed by atoms with van der Waals surface area (Å²) in [7, 11) is -4.30. The van der Waals surface area contributed by atoms with Crippen LogP contribution in [0.25, 0.3) is 0 Å². The Morgan fingerprint density at radius 3 is 2.49 bits per heavy atom. The van der Waals surface area contributed by atoms with Crippen molar-refractivity contribution in [2.24, 2.45) is 0 Å². The Bertz CT molecular complexity index is 1470. The SMILES string of the molecule is CC1(C)c2[nH]nc(NC(=O)c3ccc(N4CCOCC4)nc3Cl)c2CN1S(=O)(=O)c1cc(F)cc(F)c1. The molecule has 0 spiro atoms. The van der Waals surface area contributed by atoms with Crippen molar-refractivity contribution in [3.05, 3.63) is 63.9 Å². The van der Waals surface area contributed by atoms with Crippen LogP contribution >= 0.6 is 11.6 Å². The minimum absolute atomic E-state index is 0.00587. The largest absolute Gasteiger partial charge is 0.378 e. The number of rotatable bonds is 5. The number of aromatic amines is 1. The zero-order valence-electron chi connectivity index (χ0n) is 19.9. The minimum Gasteiger partial charge on any atom is -0.378 e. The molecular formula is C23H23ClF2N6O4S. The monoisotopic (exact) mass is 552 g/mol. The molecule has 4 heterocycles. The third-order valence-electron chi connectivity index (χ3n) is 6.47. The van der Waals surface area contributed by atoms with Crippen molar-refractivity contribution in [2.75, 3.05) is 36.5 Å². The van der Waals surface area contributed by atoms with Crippen LogP contribution in [0.2, 0.25) is 5.15 Å². The van der Waals surface area contributed by atoms with E-state index in [9.17, 15) is 22.0 Å². The van der Waals surface area contributed by atoms with Crippen molar-refractivity contribution in [2.45, 2.75) is 30.8 Å². The van der Waals surface area contributed by atoms with E-state index in [1.807, 2.05) is 4.90 Å². The third kappa shape index (κ3) is 4.56. The van der Waals surface area contributed by atoms with Gasteiger partial charge in [0.05, 0.1) is 34.9 Å². The highest BCUT2D eigenvalue weighted by atomic mass is 35.5. The highest BCUT2D eigenvalue weighted by Gasteiger charge is 2.48. The van der Waals surface area contributed by atoms with E-state index in [2.05, 4.69) is 20.5 Å². The lowest BCUT2D eigenvalue weighted by atomic mass is 10.0. The fraction of sp³-hybridized carbons (Fsp3) is 0.348. The minimum atomic E-state index is -4.30. The number of morpholine rings is 1. The Balaban J connectivity index is 1.39. The van der Waals surface area contributed by atoms with Gasteiger partial charge in [0, 0.05) is 31.3 Å². The summed E-state index contributed by atoms with van der Waals surface area (Å²) < 4.78 is 60.6. The number of hydrogen-bond acceptors (Lipinski definition) is 7. The number of sulfonamides is 1. The first kappa shape index (κ1) is 25.5. The molecule has 2 N–H and O–H groups in total. The number of aromatic nitrogens is 3. The Morgan fingerprint density at radius 2 is 1.84 bits per heavy atom. The fourth-order valence-electron chi connectivity index (χ4n) is 4.52. The van der Waals surface area contributed by atoms with E-state index in [1.54, 1.807) is 26.0 Å². The van der Waals surface area contributed by atoms with Crippen molar-refractivity contribution in [3.63, 3.8) is 0 Å². The lowest BCUT2D eigenvalue weighted by molar-refractivity contribution is 0.102. The first-order valence-corrected chi connectivity index (χ1v) is 13.2. The molecule has 0 saturated carbocycles. The number of halogens is 3. The standard InChI is InChI=1S/C23H23ClF2N6O4S/c1-23(2)19-17(12-32(23)37(34,35)15-10-13(25)9-14(26)11-15)21(30-29-19)28-22(33)16-3-4-18(27-20(16)24)31-5-7-36-8-6-31/h3-4,9-11H,5-8,12H2,1-2H3,(H2,28,29,30,33). The van der Waals surface area contributed by atoms with E-state index in [1.165, 1.54) is 0 Å². The van der Waals surface area contributed by atoms with Gasteiger partial charge in [0.25, 0.3) is 5.91 Å². The highest BCUT2D eigenvalue weighted by molar-refractivity contribution is 7.89. The number of carbonyl (C=O) groups is 1. The Hall–Kier alpha value is -3.13. The van der Waals surface area contributed by atoms with Gasteiger partial charge in [-0.1, -0.05) is 11.6 Å². The number of hydrogen-bond donors (Lipinski definition) is 2. The maximum Gasteiger partial charge on any atom is 0.260 e. The van der Waals surface area contributed by atoms with Gasteiger partial charge in [-0.2, -0.15) is 9.40 Å². The summed E-state index contributed by atoms with van der Waals surface area (Å²) in [5.74, 6) is -1.85. The van der Waals surface area contributed by atoms with Gasteiger partial charge in [-0.3, -0.25) is 9.89 Å². The molecule has 2 aromatic heterocycles. The second-order valence-electron chi connectivity index (χ2n) is 9.16. The Kier molecular flexibility index (Phi) is 6.42. The molecule has 0 aliphatic carbocycles. The number of carbonyl (C=O) groups excluding carboxylic acids is 1. The molecule has 0 bridgehead atoms. The number of anilines is 2. The van der Waals surface area contributed by atoms with Crippen molar-refractivity contribution < 1.29 is 26.7 Å². The summed E-state index contributed by atoms with van der Waals surface area (Å²) in [6.45, 7) is 5.53. The van der Waals surface area contributed by atoms with Crippen LogP contribution in [0.15, 0.2) is 35.2 Å². The number of H-pyrrole nitrogens is 1. The zero-order chi connectivity index (χ0) is 26.5. The lowest BCUT2D eigenvalue weighted by Crippen LogP contribution is -2.40. The van der Waals surface area contributed by atoms with E-state index in [4.69, 9.17) is 16.3 Å². The summed E-state index contributed by atoms with van der Waals surface area (Å²) in [5.41, 5.74) is -0.165. The van der Waals surface area contributed by atoms with E-state index in [0.717, 1.165) is 16.4 Å². The quantitative estimate of drug-likeness (QED) is 0.466. The second-order valence-corrected chi connectivity index (χ2v) is 11.4. The summed E-state index contributed by atoms with van der Waals surface area (Å²) in [5, 5.41) is 9.61. The van der Waals surface area contributed by atoms with E-state index < -0.39 is 38.0 Å². The van der Waals surface area contributed by atoms with Crippen LogP contribution in [-0.4, -0.2) is 60.1 Å². The Labute approximate surface area is 216 Å². The van der Waals surface area contributed by atoms with Crippen LogP contribution < -0.4 is 10.2 Å². The number of nitrogens with zero attached hydrogens (tertiary/aromatic N) is 4. The van der Waals surface area contributed by atoms with Crippen molar-refractivity contribution in [1.82, 2.24) is 19.5 Å². The summed E-state index contributed by atoms with van der Waals surface area (Å²) >= 11 is 6.32. The molecule has 1 saturated heterocycles. The van der Waals surface area contributed by atoms with Gasteiger partial charge in [0.2, 0.25) is 10.0 Å². The van der Waals surface area contributed by atoms with Gasteiger partial charge < -0.3 is 15.0 Å². The zero-order valence-corrected chi connectivity index (χ0v) is 21.5. The first-order chi connectivity index (χ1) is 17.5. The first-order valence-electron chi connectivity index (χ1n) is 11.4. The normalized spacial score (nSPS) is 17.6. The lowest BCUT2D eigenvalue weighted by Gasteiger charge is -2.30. The molecular weight excluding hydrogens is 530 g/mol.